The van der Waals surface area contributed by atoms with Crippen molar-refractivity contribution in [2.24, 2.45) is 5.92 Å². The third kappa shape index (κ3) is 3.09. The second-order valence-electron chi connectivity index (χ2n) is 7.30. The molecule has 0 bridgehead atoms. The summed E-state index contributed by atoms with van der Waals surface area (Å²) in [6, 6.07) is 15.2. The highest BCUT2D eigenvalue weighted by atomic mass is 35.5. The number of allylic oxidation sites excluding steroid dienone is 2. The molecular formula is C22H19ClN4O2. The minimum atomic E-state index is -0.350. The molecule has 0 saturated carbocycles. The first kappa shape index (κ1) is 17.9. The topological polar surface area (TPSA) is 69.0 Å². The van der Waals surface area contributed by atoms with Crippen LogP contribution in [0.2, 0.25) is 5.02 Å². The van der Waals surface area contributed by atoms with E-state index in [2.05, 4.69) is 21.5 Å². The van der Waals surface area contributed by atoms with Crippen molar-refractivity contribution in [3.8, 4) is 5.75 Å². The molecule has 1 aromatic heterocycles. The van der Waals surface area contributed by atoms with Gasteiger partial charge in [0.15, 0.2) is 0 Å². The largest absolute Gasteiger partial charge is 0.497 e. The van der Waals surface area contributed by atoms with E-state index in [0.717, 1.165) is 22.6 Å². The number of aromatic nitrogens is 3. The van der Waals surface area contributed by atoms with Crippen LogP contribution in [0.3, 0.4) is 0 Å². The number of ketones is 1. The predicted molar refractivity (Wildman–Crippen MR) is 110 cm³/mol. The smallest absolute Gasteiger partial charge is 0.226 e. The summed E-state index contributed by atoms with van der Waals surface area (Å²) in [6.07, 6.45) is 4.08. The van der Waals surface area contributed by atoms with Gasteiger partial charge >= 0.3 is 0 Å². The summed E-state index contributed by atoms with van der Waals surface area (Å²) in [5.74, 6) is 1.24. The second-order valence-corrected chi connectivity index (χ2v) is 7.74. The third-order valence-corrected chi connectivity index (χ3v) is 5.86. The first-order valence-electron chi connectivity index (χ1n) is 9.44. The number of nitrogens with zero attached hydrogens (tertiary/aromatic N) is 3. The number of fused-ring (bicyclic) bond motifs is 2. The molecule has 5 rings (SSSR count). The Hall–Kier alpha value is -3.12. The molecule has 29 heavy (non-hydrogen) atoms. The second kappa shape index (κ2) is 7.04. The molecule has 0 amide bonds. The SMILES string of the molecule is COc1ccc([C@@H]2C=C3Nc4ncnn4[C@H](c4cccc(Cl)c4)[C@H]3C(=O)C2)cc1. The summed E-state index contributed by atoms with van der Waals surface area (Å²) in [4.78, 5) is 17.7. The first-order valence-corrected chi connectivity index (χ1v) is 9.82. The highest BCUT2D eigenvalue weighted by molar-refractivity contribution is 6.30. The van der Waals surface area contributed by atoms with Gasteiger partial charge in [-0.2, -0.15) is 10.1 Å². The van der Waals surface area contributed by atoms with Crippen LogP contribution in [0.25, 0.3) is 0 Å². The average Bonchev–Trinajstić information content (AvgIpc) is 3.20. The molecule has 0 saturated heterocycles. The molecule has 0 radical (unpaired) electrons. The lowest BCUT2D eigenvalue weighted by molar-refractivity contribution is -0.123. The summed E-state index contributed by atoms with van der Waals surface area (Å²) >= 11 is 6.23. The molecule has 2 aliphatic rings. The van der Waals surface area contributed by atoms with Crippen LogP contribution in [0, 0.1) is 5.92 Å². The fourth-order valence-electron chi connectivity index (χ4n) is 4.26. The van der Waals surface area contributed by atoms with Crippen molar-refractivity contribution < 1.29 is 9.53 Å². The van der Waals surface area contributed by atoms with Gasteiger partial charge in [-0.25, -0.2) is 4.68 Å². The standard InChI is InChI=1S/C22H19ClN4O2/c1-29-17-7-5-13(6-8-17)15-10-18-20(19(28)11-15)21(14-3-2-4-16(23)9-14)27-22(26-18)24-12-25-27/h2-10,12,15,20-21H,11H2,1H3,(H,24,25,26)/t15-,20-,21-/m1/s1. The molecule has 2 heterocycles. The van der Waals surface area contributed by atoms with Gasteiger partial charge < -0.3 is 10.1 Å². The Labute approximate surface area is 173 Å². The van der Waals surface area contributed by atoms with Gasteiger partial charge in [0.05, 0.1) is 19.1 Å². The number of benzene rings is 2. The highest BCUT2D eigenvalue weighted by Gasteiger charge is 2.43. The Bertz CT molecular complexity index is 1110. The normalized spacial score (nSPS) is 22.9. The van der Waals surface area contributed by atoms with E-state index in [-0.39, 0.29) is 23.7 Å². The predicted octanol–water partition coefficient (Wildman–Crippen LogP) is 4.21. The zero-order valence-corrected chi connectivity index (χ0v) is 16.5. The van der Waals surface area contributed by atoms with Gasteiger partial charge in [-0.15, -0.1) is 0 Å². The van der Waals surface area contributed by atoms with E-state index < -0.39 is 0 Å². The molecule has 146 valence electrons. The van der Waals surface area contributed by atoms with E-state index in [1.54, 1.807) is 11.8 Å². The number of carbonyl (C=O) groups is 1. The molecule has 1 N–H and O–H groups in total. The molecule has 3 atom stereocenters. The van der Waals surface area contributed by atoms with Gasteiger partial charge in [0, 0.05) is 23.1 Å². The number of carbonyl (C=O) groups excluding carboxylic acids is 1. The van der Waals surface area contributed by atoms with E-state index >= 15 is 0 Å². The molecule has 0 spiro atoms. The molecule has 2 aromatic carbocycles. The van der Waals surface area contributed by atoms with Gasteiger partial charge in [-0.1, -0.05) is 41.9 Å². The Morgan fingerprint density at radius 2 is 2.00 bits per heavy atom. The lowest BCUT2D eigenvalue weighted by atomic mass is 9.75. The van der Waals surface area contributed by atoms with Crippen LogP contribution in [0.1, 0.15) is 29.5 Å². The van der Waals surface area contributed by atoms with Crippen LogP contribution >= 0.6 is 11.6 Å². The first-order chi connectivity index (χ1) is 14.1. The number of hydrogen-bond acceptors (Lipinski definition) is 5. The maximum atomic E-state index is 13.3. The fourth-order valence-corrected chi connectivity index (χ4v) is 4.46. The van der Waals surface area contributed by atoms with Gasteiger partial charge in [-0.05, 0) is 35.4 Å². The van der Waals surface area contributed by atoms with E-state index in [1.165, 1.54) is 6.33 Å². The van der Waals surface area contributed by atoms with Crippen molar-refractivity contribution in [2.45, 2.75) is 18.4 Å². The van der Waals surface area contributed by atoms with Crippen molar-refractivity contribution in [2.75, 3.05) is 12.4 Å². The minimum Gasteiger partial charge on any atom is -0.497 e. The Kier molecular flexibility index (Phi) is 4.36. The minimum absolute atomic E-state index is 0.00152. The molecule has 0 fully saturated rings. The van der Waals surface area contributed by atoms with Crippen molar-refractivity contribution in [3.63, 3.8) is 0 Å². The zero-order valence-electron chi connectivity index (χ0n) is 15.7. The van der Waals surface area contributed by atoms with E-state index in [1.807, 2.05) is 48.5 Å². The quantitative estimate of drug-likeness (QED) is 0.705. The summed E-state index contributed by atoms with van der Waals surface area (Å²) in [5, 5.41) is 8.32. The van der Waals surface area contributed by atoms with Crippen molar-refractivity contribution in [1.29, 1.82) is 0 Å². The number of nitrogens with one attached hydrogen (secondary N) is 1. The number of ether oxygens (including phenoxy) is 1. The summed E-state index contributed by atoms with van der Waals surface area (Å²) < 4.78 is 7.02. The maximum absolute atomic E-state index is 13.3. The molecule has 7 heteroatoms. The number of anilines is 1. The zero-order chi connectivity index (χ0) is 20.0. The Morgan fingerprint density at radius 1 is 1.17 bits per heavy atom. The monoisotopic (exact) mass is 406 g/mol. The number of rotatable bonds is 3. The lowest BCUT2D eigenvalue weighted by Gasteiger charge is -2.38. The summed E-state index contributed by atoms with van der Waals surface area (Å²) in [5.41, 5.74) is 2.89. The maximum Gasteiger partial charge on any atom is 0.226 e. The van der Waals surface area contributed by atoms with Crippen LogP contribution < -0.4 is 10.1 Å². The fraction of sp³-hybridized carbons (Fsp3) is 0.227. The average molecular weight is 407 g/mol. The number of halogens is 1. The van der Waals surface area contributed by atoms with Crippen LogP contribution in [-0.4, -0.2) is 27.7 Å². The molecule has 0 unspecified atom stereocenters. The van der Waals surface area contributed by atoms with Crippen LogP contribution in [-0.2, 0) is 4.79 Å². The van der Waals surface area contributed by atoms with Crippen molar-refractivity contribution in [1.82, 2.24) is 14.8 Å². The van der Waals surface area contributed by atoms with Crippen LogP contribution in [0.5, 0.6) is 5.75 Å². The summed E-state index contributed by atoms with van der Waals surface area (Å²) in [6.45, 7) is 0. The molecule has 1 aliphatic carbocycles. The van der Waals surface area contributed by atoms with Crippen molar-refractivity contribution >= 4 is 23.3 Å². The lowest BCUT2D eigenvalue weighted by Crippen LogP contribution is -2.40. The highest BCUT2D eigenvalue weighted by Crippen LogP contribution is 2.44. The van der Waals surface area contributed by atoms with Gasteiger partial charge in [0.1, 0.15) is 17.9 Å². The van der Waals surface area contributed by atoms with E-state index in [4.69, 9.17) is 16.3 Å². The van der Waals surface area contributed by atoms with Crippen molar-refractivity contribution in [3.05, 3.63) is 82.8 Å². The van der Waals surface area contributed by atoms with Gasteiger partial charge in [0.25, 0.3) is 0 Å². The Balaban J connectivity index is 1.58. The third-order valence-electron chi connectivity index (χ3n) is 5.63. The molecule has 3 aromatic rings. The van der Waals surface area contributed by atoms with Crippen LogP contribution in [0.15, 0.2) is 66.6 Å². The van der Waals surface area contributed by atoms with Gasteiger partial charge in [0.2, 0.25) is 5.95 Å². The van der Waals surface area contributed by atoms with Gasteiger partial charge in [-0.3, -0.25) is 4.79 Å². The molecular weight excluding hydrogens is 388 g/mol. The van der Waals surface area contributed by atoms with Crippen LogP contribution in [0.4, 0.5) is 5.95 Å². The molecule has 6 nitrogen and oxygen atoms in total. The summed E-state index contributed by atoms with van der Waals surface area (Å²) in [7, 11) is 1.64. The number of hydrogen-bond donors (Lipinski definition) is 1. The van der Waals surface area contributed by atoms with E-state index in [0.29, 0.717) is 17.4 Å². The number of methoxy groups -OCH3 is 1. The molecule has 1 aliphatic heterocycles. The Morgan fingerprint density at radius 3 is 2.76 bits per heavy atom. The number of Topliss-reactive ketones (excluding diaryl/α,β-unsaturated/α-hetero) is 1. The van der Waals surface area contributed by atoms with E-state index in [9.17, 15) is 4.79 Å².